The lowest BCUT2D eigenvalue weighted by atomic mass is 10.2. The molecular formula is C7H3IN3O-. The molecule has 0 aliphatic carbocycles. The van der Waals surface area contributed by atoms with E-state index in [0.717, 1.165) is 3.57 Å². The molecule has 0 spiro atoms. The van der Waals surface area contributed by atoms with Crippen LogP contribution in [0.25, 0.3) is 10.9 Å². The van der Waals surface area contributed by atoms with E-state index in [9.17, 15) is 5.11 Å². The molecular weight excluding hydrogens is 269 g/mol. The number of aromatic nitrogens is 3. The van der Waals surface area contributed by atoms with E-state index in [-0.39, 0.29) is 5.88 Å². The summed E-state index contributed by atoms with van der Waals surface area (Å²) < 4.78 is 0.859. The quantitative estimate of drug-likeness (QED) is 0.662. The molecule has 12 heavy (non-hydrogen) atoms. The van der Waals surface area contributed by atoms with Crippen LogP contribution in [-0.4, -0.2) is 15.4 Å². The van der Waals surface area contributed by atoms with E-state index in [1.165, 1.54) is 0 Å². The Morgan fingerprint density at radius 1 is 1.25 bits per heavy atom. The summed E-state index contributed by atoms with van der Waals surface area (Å²) in [6.45, 7) is 0. The summed E-state index contributed by atoms with van der Waals surface area (Å²) >= 11 is 2.08. The number of rotatable bonds is 0. The van der Waals surface area contributed by atoms with Gasteiger partial charge in [0.2, 0.25) is 0 Å². The second kappa shape index (κ2) is 2.81. The van der Waals surface area contributed by atoms with Crippen molar-refractivity contribution < 1.29 is 5.11 Å². The van der Waals surface area contributed by atoms with Gasteiger partial charge in [0.25, 0.3) is 0 Å². The maximum atomic E-state index is 11.2. The van der Waals surface area contributed by atoms with E-state index in [2.05, 4.69) is 38.0 Å². The number of hydrogen-bond acceptors (Lipinski definition) is 4. The highest BCUT2D eigenvalue weighted by Gasteiger charge is 1.99. The number of fused-ring (bicyclic) bond motifs is 1. The predicted octanol–water partition coefficient (Wildman–Crippen LogP) is 0.703. The van der Waals surface area contributed by atoms with Gasteiger partial charge in [-0.15, -0.1) is 10.2 Å². The Morgan fingerprint density at radius 3 is 2.83 bits per heavy atom. The standard InChI is InChI=1S/C7H4IN3O/c8-4-2-1-3-5-6(4)7(12)10-11-9-5/h1-3H,(H,9,10,12)/p-1. The van der Waals surface area contributed by atoms with E-state index < -0.39 is 0 Å². The molecule has 0 saturated heterocycles. The van der Waals surface area contributed by atoms with Gasteiger partial charge in [0, 0.05) is 14.8 Å². The maximum absolute atomic E-state index is 11.2. The zero-order valence-corrected chi connectivity index (χ0v) is 8.02. The third kappa shape index (κ3) is 1.09. The molecule has 0 atom stereocenters. The van der Waals surface area contributed by atoms with E-state index in [1.54, 1.807) is 6.07 Å². The lowest BCUT2D eigenvalue weighted by molar-refractivity contribution is -0.273. The molecule has 2 aromatic rings. The number of hydrogen-bond donors (Lipinski definition) is 0. The number of nitrogens with zero attached hydrogens (tertiary/aromatic N) is 3. The fourth-order valence-corrected chi connectivity index (χ4v) is 1.68. The highest BCUT2D eigenvalue weighted by atomic mass is 127. The van der Waals surface area contributed by atoms with E-state index in [4.69, 9.17) is 0 Å². The van der Waals surface area contributed by atoms with Crippen molar-refractivity contribution in [3.8, 4) is 5.88 Å². The predicted molar refractivity (Wildman–Crippen MR) is 49.5 cm³/mol. The largest absolute Gasteiger partial charge is 0.857 e. The molecule has 0 bridgehead atoms. The Kier molecular flexibility index (Phi) is 1.80. The maximum Gasteiger partial charge on any atom is 0.0967 e. The van der Waals surface area contributed by atoms with Crippen LogP contribution in [-0.2, 0) is 0 Å². The Hall–Kier alpha value is -0.980. The highest BCUT2D eigenvalue weighted by Crippen LogP contribution is 2.22. The first-order chi connectivity index (χ1) is 5.79. The van der Waals surface area contributed by atoms with Crippen molar-refractivity contribution in [2.24, 2.45) is 0 Å². The summed E-state index contributed by atoms with van der Waals surface area (Å²) in [5.41, 5.74) is 0.599. The van der Waals surface area contributed by atoms with Crippen molar-refractivity contribution >= 4 is 33.5 Å². The summed E-state index contributed by atoms with van der Waals surface area (Å²) in [5, 5.41) is 22.2. The van der Waals surface area contributed by atoms with Gasteiger partial charge in [0.15, 0.2) is 0 Å². The van der Waals surface area contributed by atoms with Crippen molar-refractivity contribution in [1.29, 1.82) is 0 Å². The van der Waals surface area contributed by atoms with Crippen LogP contribution in [0.1, 0.15) is 0 Å². The first-order valence-corrected chi connectivity index (χ1v) is 4.31. The van der Waals surface area contributed by atoms with Gasteiger partial charge in [0.1, 0.15) is 0 Å². The van der Waals surface area contributed by atoms with E-state index in [0.29, 0.717) is 10.9 Å². The minimum atomic E-state index is -0.315. The summed E-state index contributed by atoms with van der Waals surface area (Å²) in [6.07, 6.45) is 0. The zero-order chi connectivity index (χ0) is 8.55. The SMILES string of the molecule is [O-]c1nnnc2cccc(I)c12. The van der Waals surface area contributed by atoms with Crippen molar-refractivity contribution in [2.75, 3.05) is 0 Å². The molecule has 0 aliphatic heterocycles. The molecule has 4 nitrogen and oxygen atoms in total. The fourth-order valence-electron chi connectivity index (χ4n) is 0.969. The summed E-state index contributed by atoms with van der Waals surface area (Å²) in [4.78, 5) is 0. The Balaban J connectivity index is 2.96. The van der Waals surface area contributed by atoms with Crippen LogP contribution in [0.2, 0.25) is 0 Å². The van der Waals surface area contributed by atoms with Crippen LogP contribution < -0.4 is 5.11 Å². The molecule has 0 unspecified atom stereocenters. The molecule has 5 heteroatoms. The monoisotopic (exact) mass is 272 g/mol. The average Bonchev–Trinajstić information content (AvgIpc) is 2.04. The molecule has 0 fully saturated rings. The molecule has 0 saturated carbocycles. The molecule has 0 amide bonds. The van der Waals surface area contributed by atoms with Gasteiger partial charge in [-0.1, -0.05) is 6.07 Å². The van der Waals surface area contributed by atoms with Gasteiger partial charge in [-0.3, -0.25) is 0 Å². The Morgan fingerprint density at radius 2 is 2.08 bits per heavy atom. The lowest BCUT2D eigenvalue weighted by Gasteiger charge is -2.06. The van der Waals surface area contributed by atoms with Crippen LogP contribution in [0.3, 0.4) is 0 Å². The van der Waals surface area contributed by atoms with Gasteiger partial charge in [-0.25, -0.2) is 0 Å². The topological polar surface area (TPSA) is 61.7 Å². The van der Waals surface area contributed by atoms with Crippen molar-refractivity contribution in [3.63, 3.8) is 0 Å². The Labute approximate surface area is 81.8 Å². The Bertz CT molecular complexity index is 395. The van der Waals surface area contributed by atoms with Crippen LogP contribution in [0, 0.1) is 3.57 Å². The van der Waals surface area contributed by atoms with Crippen LogP contribution in [0.5, 0.6) is 5.88 Å². The lowest BCUT2D eigenvalue weighted by Crippen LogP contribution is -2.00. The highest BCUT2D eigenvalue weighted by molar-refractivity contribution is 14.1. The van der Waals surface area contributed by atoms with Crippen LogP contribution in [0.15, 0.2) is 18.2 Å². The second-order valence-corrected chi connectivity index (χ2v) is 3.39. The molecule has 0 aliphatic rings. The van der Waals surface area contributed by atoms with Gasteiger partial charge in [-0.05, 0) is 39.9 Å². The first kappa shape index (κ1) is 7.66. The number of benzene rings is 1. The summed E-state index contributed by atoms with van der Waals surface area (Å²) in [7, 11) is 0. The van der Waals surface area contributed by atoms with Gasteiger partial charge < -0.3 is 5.11 Å². The van der Waals surface area contributed by atoms with Crippen LogP contribution in [0.4, 0.5) is 0 Å². The first-order valence-electron chi connectivity index (χ1n) is 3.23. The van der Waals surface area contributed by atoms with Gasteiger partial charge >= 0.3 is 0 Å². The molecule has 0 radical (unpaired) electrons. The van der Waals surface area contributed by atoms with Crippen LogP contribution >= 0.6 is 22.6 Å². The van der Waals surface area contributed by atoms with Gasteiger partial charge in [-0.2, -0.15) is 0 Å². The van der Waals surface area contributed by atoms with Gasteiger partial charge in [0.05, 0.1) is 5.52 Å². The molecule has 60 valence electrons. The molecule has 0 N–H and O–H groups in total. The fraction of sp³-hybridized carbons (Fsp3) is 0. The minimum Gasteiger partial charge on any atom is -0.857 e. The van der Waals surface area contributed by atoms with Crippen molar-refractivity contribution in [3.05, 3.63) is 21.8 Å². The number of halogens is 1. The van der Waals surface area contributed by atoms with E-state index >= 15 is 0 Å². The van der Waals surface area contributed by atoms with Crippen molar-refractivity contribution in [1.82, 2.24) is 15.4 Å². The molecule has 1 heterocycles. The summed E-state index contributed by atoms with van der Waals surface area (Å²) in [6, 6.07) is 5.42. The second-order valence-electron chi connectivity index (χ2n) is 2.23. The van der Waals surface area contributed by atoms with E-state index in [1.807, 2.05) is 12.1 Å². The average molecular weight is 272 g/mol. The molecule has 1 aromatic heterocycles. The van der Waals surface area contributed by atoms with Crippen molar-refractivity contribution in [2.45, 2.75) is 0 Å². The normalized spacial score (nSPS) is 10.4. The molecule has 1 aromatic carbocycles. The third-order valence-electron chi connectivity index (χ3n) is 1.49. The summed E-state index contributed by atoms with van der Waals surface area (Å²) in [5.74, 6) is -0.315. The molecule has 2 rings (SSSR count). The zero-order valence-electron chi connectivity index (χ0n) is 5.86. The minimum absolute atomic E-state index is 0.315. The smallest absolute Gasteiger partial charge is 0.0967 e. The third-order valence-corrected chi connectivity index (χ3v) is 2.39.